The fraction of sp³-hybridized carbons (Fsp3) is 0.417. The number of nitrogens with zero attached hydrogens (tertiary/aromatic N) is 1. The lowest BCUT2D eigenvalue weighted by atomic mass is 10.0. The van der Waals surface area contributed by atoms with Crippen LogP contribution in [-0.2, 0) is 22.6 Å². The quantitative estimate of drug-likeness (QED) is 0.556. The van der Waals surface area contributed by atoms with Crippen molar-refractivity contribution in [3.8, 4) is 0 Å². The number of carbonyl (C=O) groups excluding carboxylic acids is 2. The molecule has 2 amide bonds. The van der Waals surface area contributed by atoms with E-state index in [1.807, 2.05) is 52.0 Å². The van der Waals surface area contributed by atoms with Gasteiger partial charge in [-0.15, -0.1) is 0 Å². The van der Waals surface area contributed by atoms with Gasteiger partial charge in [0.1, 0.15) is 6.04 Å². The SMILES string of the molecule is CCC(C(=O)NCC(C)C)N(Cc1ccccc1C)C(=O)Cc1ccc(Cl)cc1Cl. The highest BCUT2D eigenvalue weighted by atomic mass is 35.5. The molecule has 2 aromatic rings. The van der Waals surface area contributed by atoms with Gasteiger partial charge in [0.05, 0.1) is 6.42 Å². The summed E-state index contributed by atoms with van der Waals surface area (Å²) in [5.74, 6) is 0.0595. The second-order valence-corrected chi connectivity index (χ2v) is 8.77. The van der Waals surface area contributed by atoms with E-state index >= 15 is 0 Å². The number of carbonyl (C=O) groups is 2. The third-order valence-electron chi connectivity index (χ3n) is 5.03. The number of aryl methyl sites for hydroxylation is 1. The second kappa shape index (κ2) is 11.4. The van der Waals surface area contributed by atoms with Crippen LogP contribution in [-0.4, -0.2) is 29.3 Å². The van der Waals surface area contributed by atoms with Gasteiger partial charge in [-0.3, -0.25) is 9.59 Å². The van der Waals surface area contributed by atoms with Crippen molar-refractivity contribution >= 4 is 35.0 Å². The van der Waals surface area contributed by atoms with Crippen molar-refractivity contribution in [2.24, 2.45) is 5.92 Å². The maximum atomic E-state index is 13.4. The first-order valence-electron chi connectivity index (χ1n) is 10.3. The molecule has 0 aliphatic heterocycles. The summed E-state index contributed by atoms with van der Waals surface area (Å²) in [6, 6.07) is 12.5. The molecule has 0 heterocycles. The van der Waals surface area contributed by atoms with Gasteiger partial charge in [0.15, 0.2) is 0 Å². The monoisotopic (exact) mass is 448 g/mol. The van der Waals surface area contributed by atoms with Crippen molar-refractivity contribution in [1.29, 1.82) is 0 Å². The zero-order chi connectivity index (χ0) is 22.3. The van der Waals surface area contributed by atoms with Gasteiger partial charge in [-0.05, 0) is 48.1 Å². The summed E-state index contributed by atoms with van der Waals surface area (Å²) in [7, 11) is 0. The Morgan fingerprint density at radius 2 is 1.77 bits per heavy atom. The molecule has 30 heavy (non-hydrogen) atoms. The van der Waals surface area contributed by atoms with Crippen LogP contribution < -0.4 is 5.32 Å². The average molecular weight is 449 g/mol. The van der Waals surface area contributed by atoms with Crippen LogP contribution in [0.1, 0.15) is 43.9 Å². The summed E-state index contributed by atoms with van der Waals surface area (Å²) >= 11 is 12.3. The highest BCUT2D eigenvalue weighted by Gasteiger charge is 2.29. The number of hydrogen-bond donors (Lipinski definition) is 1. The van der Waals surface area contributed by atoms with E-state index in [1.54, 1.807) is 23.1 Å². The molecule has 0 spiro atoms. The molecule has 6 heteroatoms. The van der Waals surface area contributed by atoms with E-state index in [9.17, 15) is 9.59 Å². The van der Waals surface area contributed by atoms with Gasteiger partial charge in [-0.1, -0.05) is 74.3 Å². The molecule has 1 N–H and O–H groups in total. The topological polar surface area (TPSA) is 49.4 Å². The van der Waals surface area contributed by atoms with Crippen molar-refractivity contribution in [3.05, 3.63) is 69.2 Å². The van der Waals surface area contributed by atoms with E-state index in [0.717, 1.165) is 11.1 Å². The third-order valence-corrected chi connectivity index (χ3v) is 5.62. The lowest BCUT2D eigenvalue weighted by molar-refractivity contribution is -0.141. The molecule has 0 radical (unpaired) electrons. The Kier molecular flexibility index (Phi) is 9.19. The molecule has 4 nitrogen and oxygen atoms in total. The van der Waals surface area contributed by atoms with Gasteiger partial charge in [-0.25, -0.2) is 0 Å². The Morgan fingerprint density at radius 3 is 2.37 bits per heavy atom. The molecule has 162 valence electrons. The predicted molar refractivity (Wildman–Crippen MR) is 124 cm³/mol. The van der Waals surface area contributed by atoms with Gasteiger partial charge in [0, 0.05) is 23.1 Å². The van der Waals surface area contributed by atoms with Crippen LogP contribution in [0.2, 0.25) is 10.0 Å². The largest absolute Gasteiger partial charge is 0.354 e. The maximum Gasteiger partial charge on any atom is 0.242 e. The number of hydrogen-bond acceptors (Lipinski definition) is 2. The number of amides is 2. The normalized spacial score (nSPS) is 12.0. The molecule has 0 saturated carbocycles. The lowest BCUT2D eigenvalue weighted by Crippen LogP contribution is -2.50. The molecule has 0 aliphatic rings. The Bertz CT molecular complexity index is 883. The third kappa shape index (κ3) is 6.75. The molecule has 2 rings (SSSR count). The van der Waals surface area contributed by atoms with Crippen LogP contribution in [0.15, 0.2) is 42.5 Å². The van der Waals surface area contributed by atoms with Crippen LogP contribution in [0.25, 0.3) is 0 Å². The molecule has 0 saturated heterocycles. The first-order chi connectivity index (χ1) is 14.2. The van der Waals surface area contributed by atoms with E-state index in [4.69, 9.17) is 23.2 Å². The number of rotatable bonds is 9. The van der Waals surface area contributed by atoms with Crippen LogP contribution in [0, 0.1) is 12.8 Å². The Balaban J connectivity index is 2.32. The van der Waals surface area contributed by atoms with Crippen molar-refractivity contribution in [3.63, 3.8) is 0 Å². The summed E-state index contributed by atoms with van der Waals surface area (Å²) in [6.07, 6.45) is 0.631. The first-order valence-corrected chi connectivity index (χ1v) is 11.0. The summed E-state index contributed by atoms with van der Waals surface area (Å²) < 4.78 is 0. The molecular formula is C24H30Cl2N2O2. The molecule has 2 aromatic carbocycles. The highest BCUT2D eigenvalue weighted by molar-refractivity contribution is 6.35. The second-order valence-electron chi connectivity index (χ2n) is 7.92. The summed E-state index contributed by atoms with van der Waals surface area (Å²) in [5.41, 5.74) is 2.79. The summed E-state index contributed by atoms with van der Waals surface area (Å²) in [5, 5.41) is 3.94. The standard InChI is InChI=1S/C24H30Cl2N2O2/c1-5-22(24(30)27-14-16(2)3)28(15-19-9-7-6-8-17(19)4)23(29)12-18-10-11-20(25)13-21(18)26/h6-11,13,16,22H,5,12,14-15H2,1-4H3,(H,27,30). The fourth-order valence-electron chi connectivity index (χ4n) is 3.24. The predicted octanol–water partition coefficient (Wildman–Crippen LogP) is 5.42. The Hall–Kier alpha value is -2.04. The Morgan fingerprint density at radius 1 is 1.07 bits per heavy atom. The maximum absolute atomic E-state index is 13.4. The van der Waals surface area contributed by atoms with Gasteiger partial charge >= 0.3 is 0 Å². The fourth-order valence-corrected chi connectivity index (χ4v) is 3.72. The number of benzene rings is 2. The van der Waals surface area contributed by atoms with E-state index in [-0.39, 0.29) is 18.2 Å². The van der Waals surface area contributed by atoms with Crippen LogP contribution in [0.4, 0.5) is 0 Å². The molecule has 0 aliphatic carbocycles. The van der Waals surface area contributed by atoms with E-state index in [0.29, 0.717) is 41.0 Å². The van der Waals surface area contributed by atoms with Crippen molar-refractivity contribution in [1.82, 2.24) is 10.2 Å². The van der Waals surface area contributed by atoms with Crippen molar-refractivity contribution in [2.45, 2.75) is 53.1 Å². The molecule has 0 fully saturated rings. The lowest BCUT2D eigenvalue weighted by Gasteiger charge is -2.31. The van der Waals surface area contributed by atoms with Crippen molar-refractivity contribution < 1.29 is 9.59 Å². The first kappa shape index (κ1) is 24.2. The van der Waals surface area contributed by atoms with Crippen LogP contribution >= 0.6 is 23.2 Å². The highest BCUT2D eigenvalue weighted by Crippen LogP contribution is 2.23. The summed E-state index contributed by atoms with van der Waals surface area (Å²) in [6.45, 7) is 8.95. The number of halogens is 2. The molecular weight excluding hydrogens is 419 g/mol. The zero-order valence-electron chi connectivity index (χ0n) is 18.0. The smallest absolute Gasteiger partial charge is 0.242 e. The minimum absolute atomic E-state index is 0.107. The average Bonchev–Trinajstić information content (AvgIpc) is 2.69. The van der Waals surface area contributed by atoms with Gasteiger partial charge in [0.2, 0.25) is 11.8 Å². The molecule has 0 bridgehead atoms. The molecule has 0 aromatic heterocycles. The van der Waals surface area contributed by atoms with Gasteiger partial charge in [-0.2, -0.15) is 0 Å². The Labute approximate surface area is 189 Å². The molecule has 1 unspecified atom stereocenters. The van der Waals surface area contributed by atoms with Gasteiger partial charge < -0.3 is 10.2 Å². The minimum Gasteiger partial charge on any atom is -0.354 e. The van der Waals surface area contributed by atoms with Gasteiger partial charge in [0.25, 0.3) is 0 Å². The van der Waals surface area contributed by atoms with Crippen LogP contribution in [0.5, 0.6) is 0 Å². The number of nitrogens with one attached hydrogen (secondary N) is 1. The van der Waals surface area contributed by atoms with E-state index in [2.05, 4.69) is 5.32 Å². The summed E-state index contributed by atoms with van der Waals surface area (Å²) in [4.78, 5) is 27.9. The van der Waals surface area contributed by atoms with Crippen LogP contribution in [0.3, 0.4) is 0 Å². The minimum atomic E-state index is -0.554. The molecule has 1 atom stereocenters. The van der Waals surface area contributed by atoms with E-state index < -0.39 is 6.04 Å². The zero-order valence-corrected chi connectivity index (χ0v) is 19.6. The van der Waals surface area contributed by atoms with E-state index in [1.165, 1.54) is 0 Å². The van der Waals surface area contributed by atoms with Crippen molar-refractivity contribution in [2.75, 3.05) is 6.54 Å².